The molecule has 0 aliphatic carbocycles. The van der Waals surface area contributed by atoms with Crippen molar-refractivity contribution in [2.75, 3.05) is 19.7 Å². The lowest BCUT2D eigenvalue weighted by Crippen LogP contribution is -2.44. The third kappa shape index (κ3) is 3.18. The summed E-state index contributed by atoms with van der Waals surface area (Å²) in [5.41, 5.74) is 0.537. The van der Waals surface area contributed by atoms with E-state index in [-0.39, 0.29) is 23.6 Å². The van der Waals surface area contributed by atoms with Crippen LogP contribution in [0.2, 0.25) is 0 Å². The van der Waals surface area contributed by atoms with Crippen molar-refractivity contribution in [1.29, 1.82) is 5.26 Å². The van der Waals surface area contributed by atoms with Gasteiger partial charge in [-0.3, -0.25) is 4.79 Å². The van der Waals surface area contributed by atoms with Crippen molar-refractivity contribution < 1.29 is 14.3 Å². The lowest BCUT2D eigenvalue weighted by Gasteiger charge is -2.32. The molecule has 2 aromatic heterocycles. The minimum Gasteiger partial charge on any atom is -0.478 e. The summed E-state index contributed by atoms with van der Waals surface area (Å²) >= 11 is 0. The van der Waals surface area contributed by atoms with Gasteiger partial charge < -0.3 is 14.4 Å². The highest BCUT2D eigenvalue weighted by molar-refractivity contribution is 5.92. The molecule has 0 bridgehead atoms. The second-order valence-corrected chi connectivity index (χ2v) is 6.25. The Bertz CT molecular complexity index is 835. The number of nitriles is 1. The normalized spacial score (nSPS) is 19.2. The van der Waals surface area contributed by atoms with Gasteiger partial charge in [0.1, 0.15) is 12.2 Å². The molecule has 1 fully saturated rings. The Morgan fingerprint density at radius 2 is 2.19 bits per heavy atom. The highest BCUT2D eigenvalue weighted by Gasteiger charge is 2.29. The molecule has 0 N–H and O–H groups in total. The maximum atomic E-state index is 12.8. The number of fused-ring (bicyclic) bond motifs is 1. The number of nitrogens with zero attached hydrogens (tertiary/aromatic N) is 6. The summed E-state index contributed by atoms with van der Waals surface area (Å²) in [6.45, 7) is 2.48. The zero-order valence-electron chi connectivity index (χ0n) is 14.2. The fourth-order valence-corrected chi connectivity index (χ4v) is 3.20. The fraction of sp³-hybridized carbons (Fsp3) is 0.471. The Morgan fingerprint density at radius 1 is 1.31 bits per heavy atom. The van der Waals surface area contributed by atoms with Gasteiger partial charge in [0, 0.05) is 38.0 Å². The number of amides is 1. The first-order valence-corrected chi connectivity index (χ1v) is 8.62. The Kier molecular flexibility index (Phi) is 4.39. The van der Waals surface area contributed by atoms with Gasteiger partial charge in [0.25, 0.3) is 11.8 Å². The average molecular weight is 354 g/mol. The molecule has 9 nitrogen and oxygen atoms in total. The van der Waals surface area contributed by atoms with Gasteiger partial charge in [-0.1, -0.05) is 0 Å². The van der Waals surface area contributed by atoms with E-state index in [1.165, 1.54) is 12.4 Å². The summed E-state index contributed by atoms with van der Waals surface area (Å²) in [7, 11) is 0. The summed E-state index contributed by atoms with van der Waals surface area (Å²) in [4.78, 5) is 22.5. The number of aromatic nitrogens is 4. The van der Waals surface area contributed by atoms with E-state index in [0.29, 0.717) is 31.3 Å². The number of piperidine rings is 1. The smallest absolute Gasteiger partial charge is 0.274 e. The monoisotopic (exact) mass is 354 g/mol. The number of likely N-dealkylation sites (tertiary alicyclic amines) is 1. The number of rotatable bonds is 3. The molecule has 2 aromatic rings. The zero-order valence-corrected chi connectivity index (χ0v) is 14.2. The molecule has 0 spiro atoms. The highest BCUT2D eigenvalue weighted by atomic mass is 16.5. The molecule has 2 aliphatic rings. The van der Waals surface area contributed by atoms with E-state index < -0.39 is 0 Å². The third-order valence-corrected chi connectivity index (χ3v) is 4.44. The molecule has 0 aromatic carbocycles. The van der Waals surface area contributed by atoms with Gasteiger partial charge in [-0.2, -0.15) is 10.4 Å². The van der Waals surface area contributed by atoms with Gasteiger partial charge in [-0.15, -0.1) is 0 Å². The molecule has 1 saturated heterocycles. The van der Waals surface area contributed by atoms with Gasteiger partial charge in [-0.05, 0) is 12.8 Å². The van der Waals surface area contributed by atoms with Crippen molar-refractivity contribution in [1.82, 2.24) is 24.6 Å². The molecule has 0 radical (unpaired) electrons. The quantitative estimate of drug-likeness (QED) is 0.810. The SMILES string of the molecule is N#Cc1nccnc1O[C@H]1CCCN(C(=O)c2cc3n(n2)CCCO3)C1. The lowest BCUT2D eigenvalue weighted by atomic mass is 10.1. The molecule has 2 aliphatic heterocycles. The second-order valence-electron chi connectivity index (χ2n) is 6.25. The van der Waals surface area contributed by atoms with Gasteiger partial charge in [0.05, 0.1) is 13.2 Å². The summed E-state index contributed by atoms with van der Waals surface area (Å²) in [6, 6.07) is 3.66. The van der Waals surface area contributed by atoms with Crippen molar-refractivity contribution in [2.45, 2.75) is 31.9 Å². The number of hydrogen-bond donors (Lipinski definition) is 0. The van der Waals surface area contributed by atoms with Crippen LogP contribution in [0.4, 0.5) is 0 Å². The molecule has 1 atom stereocenters. The maximum Gasteiger partial charge on any atom is 0.274 e. The van der Waals surface area contributed by atoms with Crippen LogP contribution in [0.25, 0.3) is 0 Å². The standard InChI is InChI=1S/C17H18N6O3/c18-10-14-16(20-5-4-19-14)26-12-3-1-6-22(11-12)17(24)13-9-15-23(21-13)7-2-8-25-15/h4-5,9,12H,1-3,6-8,11H2/t12-/m0/s1. The lowest BCUT2D eigenvalue weighted by molar-refractivity contribution is 0.0520. The van der Waals surface area contributed by atoms with Crippen molar-refractivity contribution in [2.24, 2.45) is 0 Å². The number of carbonyl (C=O) groups excluding carboxylic acids is 1. The Hall–Kier alpha value is -3.15. The van der Waals surface area contributed by atoms with Gasteiger partial charge in [0.2, 0.25) is 11.6 Å². The molecular weight excluding hydrogens is 336 g/mol. The van der Waals surface area contributed by atoms with Crippen LogP contribution in [0.1, 0.15) is 35.4 Å². The van der Waals surface area contributed by atoms with Crippen molar-refractivity contribution in [3.8, 4) is 17.8 Å². The highest BCUT2D eigenvalue weighted by Crippen LogP contribution is 2.22. The first-order chi connectivity index (χ1) is 12.7. The average Bonchev–Trinajstić information content (AvgIpc) is 3.12. The van der Waals surface area contributed by atoms with Crippen LogP contribution < -0.4 is 9.47 Å². The van der Waals surface area contributed by atoms with Crippen LogP contribution in [0.3, 0.4) is 0 Å². The van der Waals surface area contributed by atoms with E-state index in [1.54, 1.807) is 15.6 Å². The maximum absolute atomic E-state index is 12.8. The minimum atomic E-state index is -0.231. The largest absolute Gasteiger partial charge is 0.478 e. The molecule has 26 heavy (non-hydrogen) atoms. The first-order valence-electron chi connectivity index (χ1n) is 8.62. The summed E-state index contributed by atoms with van der Waals surface area (Å²) < 4.78 is 13.1. The van der Waals surface area contributed by atoms with Gasteiger partial charge in [-0.25, -0.2) is 14.6 Å². The van der Waals surface area contributed by atoms with Crippen molar-refractivity contribution in [3.63, 3.8) is 0 Å². The number of ether oxygens (including phenoxy) is 2. The zero-order chi connectivity index (χ0) is 17.9. The second kappa shape index (κ2) is 7.00. The Morgan fingerprint density at radius 3 is 3.04 bits per heavy atom. The number of carbonyl (C=O) groups is 1. The molecule has 4 heterocycles. The summed E-state index contributed by atoms with van der Waals surface area (Å²) in [5.74, 6) is 0.714. The Labute approximate surface area is 150 Å². The van der Waals surface area contributed by atoms with E-state index in [4.69, 9.17) is 14.7 Å². The van der Waals surface area contributed by atoms with E-state index >= 15 is 0 Å². The van der Waals surface area contributed by atoms with Crippen LogP contribution in [0.5, 0.6) is 11.8 Å². The predicted molar refractivity (Wildman–Crippen MR) is 88.6 cm³/mol. The topological polar surface area (TPSA) is 106 Å². The molecule has 0 unspecified atom stereocenters. The van der Waals surface area contributed by atoms with Crippen molar-refractivity contribution in [3.05, 3.63) is 29.8 Å². The third-order valence-electron chi connectivity index (χ3n) is 4.44. The van der Waals surface area contributed by atoms with Crippen LogP contribution in [0.15, 0.2) is 18.5 Å². The molecule has 134 valence electrons. The Balaban J connectivity index is 1.45. The summed E-state index contributed by atoms with van der Waals surface area (Å²) in [5, 5.41) is 13.5. The predicted octanol–water partition coefficient (Wildman–Crippen LogP) is 1.01. The van der Waals surface area contributed by atoms with Gasteiger partial charge >= 0.3 is 0 Å². The van der Waals surface area contributed by atoms with Crippen LogP contribution in [-0.2, 0) is 6.54 Å². The summed E-state index contributed by atoms with van der Waals surface area (Å²) in [6.07, 6.45) is 5.19. The minimum absolute atomic E-state index is 0.136. The van der Waals surface area contributed by atoms with E-state index in [2.05, 4.69) is 15.1 Å². The van der Waals surface area contributed by atoms with Crippen LogP contribution in [-0.4, -0.2) is 56.4 Å². The fourth-order valence-electron chi connectivity index (χ4n) is 3.20. The number of aryl methyl sites for hydroxylation is 1. The van der Waals surface area contributed by atoms with E-state index in [9.17, 15) is 4.79 Å². The van der Waals surface area contributed by atoms with Crippen molar-refractivity contribution >= 4 is 5.91 Å². The van der Waals surface area contributed by atoms with Crippen LogP contribution in [0, 0.1) is 11.3 Å². The van der Waals surface area contributed by atoms with Gasteiger partial charge in [0.15, 0.2) is 5.69 Å². The first kappa shape index (κ1) is 16.3. The number of hydrogen-bond acceptors (Lipinski definition) is 7. The molecule has 4 rings (SSSR count). The van der Waals surface area contributed by atoms with Crippen LogP contribution >= 0.6 is 0 Å². The molecule has 0 saturated carbocycles. The van der Waals surface area contributed by atoms with E-state index in [0.717, 1.165) is 25.8 Å². The molecule has 1 amide bonds. The van der Waals surface area contributed by atoms with E-state index in [1.807, 2.05) is 6.07 Å². The molecular formula is C17H18N6O3. The molecule has 9 heteroatoms.